The first-order chi connectivity index (χ1) is 8.17. The van der Waals surface area contributed by atoms with Gasteiger partial charge in [-0.15, -0.1) is 11.3 Å². The zero-order chi connectivity index (χ0) is 12.7. The molecule has 1 rings (SSSR count). The molecule has 0 spiro atoms. The van der Waals surface area contributed by atoms with E-state index in [9.17, 15) is 0 Å². The van der Waals surface area contributed by atoms with Gasteiger partial charge in [0.15, 0.2) is 0 Å². The second-order valence-electron chi connectivity index (χ2n) is 4.02. The molecule has 0 fully saturated rings. The highest BCUT2D eigenvalue weighted by Crippen LogP contribution is 2.16. The molecule has 2 N–H and O–H groups in total. The van der Waals surface area contributed by atoms with Crippen LogP contribution in [0, 0.1) is 11.8 Å². The Labute approximate surface area is 107 Å². The SMILES string of the molecule is CC(CO)N(C)Cc1cc(C#CCCO)cs1. The van der Waals surface area contributed by atoms with Crippen LogP contribution in [0.5, 0.6) is 0 Å². The molecule has 3 nitrogen and oxygen atoms in total. The molecule has 0 bridgehead atoms. The summed E-state index contributed by atoms with van der Waals surface area (Å²) < 4.78 is 0. The monoisotopic (exact) mass is 253 g/mol. The van der Waals surface area contributed by atoms with Gasteiger partial charge in [-0.3, -0.25) is 4.90 Å². The standard InChI is InChI=1S/C13H19NO2S/c1-11(9-16)14(2)8-13-7-12(10-17-13)5-3-4-6-15/h7,10-11,15-16H,4,6,8-9H2,1-2H3. The zero-order valence-electron chi connectivity index (χ0n) is 10.3. The molecule has 0 saturated heterocycles. The molecule has 1 aromatic rings. The molecule has 0 aliphatic rings. The van der Waals surface area contributed by atoms with Gasteiger partial charge in [0.25, 0.3) is 0 Å². The van der Waals surface area contributed by atoms with Gasteiger partial charge < -0.3 is 10.2 Å². The summed E-state index contributed by atoms with van der Waals surface area (Å²) in [5, 5.41) is 19.7. The van der Waals surface area contributed by atoms with Crippen LogP contribution in [0.15, 0.2) is 11.4 Å². The lowest BCUT2D eigenvalue weighted by atomic mass is 10.2. The molecular weight excluding hydrogens is 234 g/mol. The van der Waals surface area contributed by atoms with E-state index in [1.165, 1.54) is 4.88 Å². The maximum atomic E-state index is 9.05. The van der Waals surface area contributed by atoms with Crippen LogP contribution in [0.4, 0.5) is 0 Å². The first-order valence-electron chi connectivity index (χ1n) is 5.65. The van der Waals surface area contributed by atoms with Crippen molar-refractivity contribution in [2.45, 2.75) is 25.9 Å². The Morgan fingerprint density at radius 3 is 2.88 bits per heavy atom. The van der Waals surface area contributed by atoms with Crippen molar-refractivity contribution >= 4 is 11.3 Å². The van der Waals surface area contributed by atoms with Gasteiger partial charge in [-0.05, 0) is 20.0 Å². The van der Waals surface area contributed by atoms with E-state index in [1.807, 2.05) is 19.4 Å². The van der Waals surface area contributed by atoms with E-state index in [4.69, 9.17) is 10.2 Å². The molecule has 0 radical (unpaired) electrons. The van der Waals surface area contributed by atoms with Crippen LogP contribution in [-0.4, -0.2) is 41.4 Å². The van der Waals surface area contributed by atoms with Crippen molar-refractivity contribution in [2.24, 2.45) is 0 Å². The number of aliphatic hydroxyl groups excluding tert-OH is 2. The van der Waals surface area contributed by atoms with E-state index in [2.05, 4.69) is 22.8 Å². The van der Waals surface area contributed by atoms with E-state index in [0.29, 0.717) is 6.42 Å². The van der Waals surface area contributed by atoms with Gasteiger partial charge in [0.1, 0.15) is 0 Å². The Kier molecular flexibility index (Phi) is 6.23. The van der Waals surface area contributed by atoms with Crippen molar-refractivity contribution in [3.63, 3.8) is 0 Å². The number of hydrogen-bond acceptors (Lipinski definition) is 4. The molecule has 0 amide bonds. The van der Waals surface area contributed by atoms with Crippen molar-refractivity contribution in [1.82, 2.24) is 4.90 Å². The number of nitrogens with zero attached hydrogens (tertiary/aromatic N) is 1. The Morgan fingerprint density at radius 2 is 2.24 bits per heavy atom. The molecule has 1 heterocycles. The fourth-order valence-corrected chi connectivity index (χ4v) is 2.17. The summed E-state index contributed by atoms with van der Waals surface area (Å²) in [4.78, 5) is 3.35. The molecule has 17 heavy (non-hydrogen) atoms. The summed E-state index contributed by atoms with van der Waals surface area (Å²) in [5.74, 6) is 5.92. The van der Waals surface area contributed by atoms with Crippen LogP contribution in [-0.2, 0) is 6.54 Å². The highest BCUT2D eigenvalue weighted by atomic mass is 32.1. The molecule has 1 unspecified atom stereocenters. The zero-order valence-corrected chi connectivity index (χ0v) is 11.1. The predicted molar refractivity (Wildman–Crippen MR) is 70.9 cm³/mol. The van der Waals surface area contributed by atoms with Crippen LogP contribution < -0.4 is 0 Å². The average molecular weight is 253 g/mol. The van der Waals surface area contributed by atoms with E-state index in [0.717, 1.165) is 12.1 Å². The van der Waals surface area contributed by atoms with E-state index < -0.39 is 0 Å². The van der Waals surface area contributed by atoms with Crippen molar-refractivity contribution in [3.05, 3.63) is 21.9 Å². The summed E-state index contributed by atoms with van der Waals surface area (Å²) >= 11 is 1.68. The molecule has 0 aliphatic carbocycles. The van der Waals surface area contributed by atoms with Gasteiger partial charge in [0, 0.05) is 34.8 Å². The van der Waals surface area contributed by atoms with Gasteiger partial charge >= 0.3 is 0 Å². The minimum absolute atomic E-state index is 0.112. The lowest BCUT2D eigenvalue weighted by Crippen LogP contribution is -2.31. The highest BCUT2D eigenvalue weighted by molar-refractivity contribution is 7.10. The normalized spacial score (nSPS) is 12.3. The fraction of sp³-hybridized carbons (Fsp3) is 0.538. The maximum absolute atomic E-state index is 9.05. The Balaban J connectivity index is 2.54. The second-order valence-corrected chi connectivity index (χ2v) is 5.02. The van der Waals surface area contributed by atoms with Crippen LogP contribution in [0.2, 0.25) is 0 Å². The first kappa shape index (κ1) is 14.2. The molecule has 1 aromatic heterocycles. The average Bonchev–Trinajstić information content (AvgIpc) is 2.76. The third kappa shape index (κ3) is 4.88. The van der Waals surface area contributed by atoms with E-state index >= 15 is 0 Å². The molecule has 4 heteroatoms. The molecular formula is C13H19NO2S. The number of rotatable bonds is 5. The van der Waals surface area contributed by atoms with E-state index in [1.54, 1.807) is 11.3 Å². The topological polar surface area (TPSA) is 43.7 Å². The predicted octanol–water partition coefficient (Wildman–Crippen LogP) is 1.29. The number of likely N-dealkylation sites (N-methyl/N-ethyl adjacent to an activating group) is 1. The minimum atomic E-state index is 0.112. The Bertz CT molecular complexity index is 392. The minimum Gasteiger partial charge on any atom is -0.395 e. The van der Waals surface area contributed by atoms with Crippen LogP contribution in [0.1, 0.15) is 23.8 Å². The summed E-state index contributed by atoms with van der Waals surface area (Å²) in [6.45, 7) is 3.11. The summed E-state index contributed by atoms with van der Waals surface area (Å²) in [6, 6.07) is 2.23. The second kappa shape index (κ2) is 7.46. The summed E-state index contributed by atoms with van der Waals surface area (Å²) in [5.41, 5.74) is 1.00. The van der Waals surface area contributed by atoms with Crippen LogP contribution in [0.3, 0.4) is 0 Å². The first-order valence-corrected chi connectivity index (χ1v) is 6.53. The molecule has 1 atom stereocenters. The number of aliphatic hydroxyl groups is 2. The highest BCUT2D eigenvalue weighted by Gasteiger charge is 2.09. The fourth-order valence-electron chi connectivity index (χ4n) is 1.29. The van der Waals surface area contributed by atoms with Gasteiger partial charge in [-0.2, -0.15) is 0 Å². The third-order valence-electron chi connectivity index (χ3n) is 2.55. The van der Waals surface area contributed by atoms with Crippen molar-refractivity contribution in [1.29, 1.82) is 0 Å². The number of hydrogen-bond donors (Lipinski definition) is 2. The van der Waals surface area contributed by atoms with Gasteiger partial charge in [-0.1, -0.05) is 11.8 Å². The molecule has 0 saturated carbocycles. The van der Waals surface area contributed by atoms with E-state index in [-0.39, 0.29) is 19.3 Å². The van der Waals surface area contributed by atoms with Crippen LogP contribution in [0.25, 0.3) is 0 Å². The Morgan fingerprint density at radius 1 is 1.47 bits per heavy atom. The molecule has 94 valence electrons. The lowest BCUT2D eigenvalue weighted by molar-refractivity contribution is 0.155. The molecule has 0 aliphatic heterocycles. The van der Waals surface area contributed by atoms with Crippen molar-refractivity contribution in [3.8, 4) is 11.8 Å². The smallest absolute Gasteiger partial charge is 0.0584 e. The van der Waals surface area contributed by atoms with Crippen molar-refractivity contribution in [2.75, 3.05) is 20.3 Å². The van der Waals surface area contributed by atoms with Gasteiger partial charge in [0.05, 0.1) is 13.2 Å². The summed E-state index contributed by atoms with van der Waals surface area (Å²) in [7, 11) is 2.00. The lowest BCUT2D eigenvalue weighted by Gasteiger charge is -2.21. The van der Waals surface area contributed by atoms with Gasteiger partial charge in [0.2, 0.25) is 0 Å². The third-order valence-corrected chi connectivity index (χ3v) is 3.47. The Hall–Kier alpha value is -0.860. The number of thiophene rings is 1. The summed E-state index contributed by atoms with van der Waals surface area (Å²) in [6.07, 6.45) is 0.520. The van der Waals surface area contributed by atoms with Crippen molar-refractivity contribution < 1.29 is 10.2 Å². The quantitative estimate of drug-likeness (QED) is 0.777. The van der Waals surface area contributed by atoms with Crippen LogP contribution >= 0.6 is 11.3 Å². The molecule has 0 aromatic carbocycles. The maximum Gasteiger partial charge on any atom is 0.0584 e. The largest absolute Gasteiger partial charge is 0.395 e. The van der Waals surface area contributed by atoms with Gasteiger partial charge in [-0.25, -0.2) is 0 Å².